The monoisotopic (exact) mass is 548 g/mol. The average Bonchev–Trinajstić information content (AvgIpc) is 3.32. The van der Waals surface area contributed by atoms with Crippen LogP contribution in [0.15, 0.2) is 56.9 Å². The predicted molar refractivity (Wildman–Crippen MR) is 133 cm³/mol. The van der Waals surface area contributed by atoms with E-state index in [1.807, 2.05) is 0 Å². The molecule has 19 heteroatoms. The van der Waals surface area contributed by atoms with E-state index in [0.29, 0.717) is 5.69 Å². The van der Waals surface area contributed by atoms with E-state index < -0.39 is 31.2 Å². The molecule has 2 aromatic carbocycles. The van der Waals surface area contributed by atoms with E-state index in [0.717, 1.165) is 42.2 Å². The smallest absolute Gasteiger partial charge is 0.283 e. The fourth-order valence-electron chi connectivity index (χ4n) is 2.58. The summed E-state index contributed by atoms with van der Waals surface area (Å²) in [5, 5.41) is 36.3. The maximum absolute atomic E-state index is 12.2. The molecule has 1 amide bonds. The molecule has 0 aliphatic rings. The SMILES string of the molecule is CC(=O)Nc1ccc(S(=O)(=O)/N=C/NN/C=N\Nc2nnc(-c3cc([N+](=O)[O-])cc([N+](=O)[O-])c3)s2)cc1. The van der Waals surface area contributed by atoms with Gasteiger partial charge < -0.3 is 5.32 Å². The number of rotatable bonds is 11. The second-order valence-electron chi connectivity index (χ2n) is 6.74. The Balaban J connectivity index is 1.53. The summed E-state index contributed by atoms with van der Waals surface area (Å²) in [5.41, 5.74) is 6.96. The Bertz CT molecular complexity index is 1450. The Labute approximate surface area is 211 Å². The number of carbonyl (C=O) groups excluding carboxylic acids is 1. The molecule has 0 atom stereocenters. The third kappa shape index (κ3) is 7.47. The lowest BCUT2D eigenvalue weighted by atomic mass is 10.2. The zero-order valence-electron chi connectivity index (χ0n) is 18.6. The Morgan fingerprint density at radius 1 is 1.00 bits per heavy atom. The van der Waals surface area contributed by atoms with E-state index in [4.69, 9.17) is 0 Å². The number of hydrogen-bond acceptors (Lipinski definition) is 12. The quantitative estimate of drug-likeness (QED) is 0.0883. The molecule has 4 N–H and O–H groups in total. The number of carbonyl (C=O) groups is 1. The number of hydrazone groups is 1. The molecule has 0 aliphatic heterocycles. The van der Waals surface area contributed by atoms with Crippen LogP contribution in [0.3, 0.4) is 0 Å². The van der Waals surface area contributed by atoms with Crippen molar-refractivity contribution in [1.82, 2.24) is 21.0 Å². The largest absolute Gasteiger partial charge is 0.326 e. The molecule has 0 bridgehead atoms. The van der Waals surface area contributed by atoms with Crippen molar-refractivity contribution in [3.8, 4) is 10.6 Å². The highest BCUT2D eigenvalue weighted by Crippen LogP contribution is 2.32. The van der Waals surface area contributed by atoms with E-state index in [-0.39, 0.29) is 26.5 Å². The molecule has 0 unspecified atom stereocenters. The first-order valence-corrected chi connectivity index (χ1v) is 12.0. The first kappa shape index (κ1) is 26.6. The van der Waals surface area contributed by atoms with E-state index in [1.165, 1.54) is 31.2 Å². The van der Waals surface area contributed by atoms with Crippen LogP contribution in [0.2, 0.25) is 0 Å². The van der Waals surface area contributed by atoms with Crippen LogP contribution in [0.5, 0.6) is 0 Å². The molecular weight excluding hydrogens is 532 g/mol. The number of hydrazine groups is 1. The number of nitro groups is 2. The molecule has 0 saturated heterocycles. The van der Waals surface area contributed by atoms with Gasteiger partial charge in [-0.25, -0.2) is 5.43 Å². The van der Waals surface area contributed by atoms with Crippen LogP contribution in [0.1, 0.15) is 6.92 Å². The van der Waals surface area contributed by atoms with Crippen molar-refractivity contribution in [3.05, 3.63) is 62.7 Å². The van der Waals surface area contributed by atoms with Gasteiger partial charge in [-0.05, 0) is 24.3 Å². The number of sulfonamides is 1. The molecule has 3 rings (SSSR count). The molecule has 3 aromatic rings. The number of anilines is 2. The van der Waals surface area contributed by atoms with Gasteiger partial charge in [-0.2, -0.15) is 13.5 Å². The van der Waals surface area contributed by atoms with Crippen LogP contribution in [-0.4, -0.2) is 47.0 Å². The fraction of sp³-hybridized carbons (Fsp3) is 0.0556. The molecule has 192 valence electrons. The van der Waals surface area contributed by atoms with Crippen molar-refractivity contribution in [2.24, 2.45) is 9.50 Å². The van der Waals surface area contributed by atoms with Gasteiger partial charge in [0, 0.05) is 30.3 Å². The second-order valence-corrected chi connectivity index (χ2v) is 9.35. The van der Waals surface area contributed by atoms with Crippen molar-refractivity contribution in [2.45, 2.75) is 11.8 Å². The van der Waals surface area contributed by atoms with E-state index in [2.05, 4.69) is 41.3 Å². The van der Waals surface area contributed by atoms with Gasteiger partial charge in [-0.15, -0.1) is 14.6 Å². The summed E-state index contributed by atoms with van der Waals surface area (Å²) in [6, 6.07) is 8.54. The summed E-state index contributed by atoms with van der Waals surface area (Å²) in [6.07, 6.45) is 1.97. The lowest BCUT2D eigenvalue weighted by Crippen LogP contribution is -2.29. The minimum atomic E-state index is -3.99. The zero-order valence-corrected chi connectivity index (χ0v) is 20.2. The maximum Gasteiger partial charge on any atom is 0.283 e. The molecular formula is C18H16N10O7S2. The van der Waals surface area contributed by atoms with Crippen molar-refractivity contribution in [3.63, 3.8) is 0 Å². The van der Waals surface area contributed by atoms with E-state index >= 15 is 0 Å². The van der Waals surface area contributed by atoms with Crippen molar-refractivity contribution in [1.29, 1.82) is 0 Å². The number of benzene rings is 2. The number of hydrogen-bond donors (Lipinski definition) is 4. The van der Waals surface area contributed by atoms with Gasteiger partial charge in [-0.3, -0.25) is 35.9 Å². The molecule has 0 saturated carbocycles. The van der Waals surface area contributed by atoms with E-state index in [9.17, 15) is 33.4 Å². The van der Waals surface area contributed by atoms with Crippen LogP contribution in [0.4, 0.5) is 22.2 Å². The van der Waals surface area contributed by atoms with Crippen LogP contribution in [0, 0.1) is 20.2 Å². The minimum Gasteiger partial charge on any atom is -0.326 e. The van der Waals surface area contributed by atoms with Crippen LogP contribution < -0.4 is 21.6 Å². The van der Waals surface area contributed by atoms with Crippen molar-refractivity contribution in [2.75, 3.05) is 10.7 Å². The number of nitrogens with one attached hydrogen (secondary N) is 4. The molecule has 1 aromatic heterocycles. The van der Waals surface area contributed by atoms with Crippen LogP contribution >= 0.6 is 11.3 Å². The second kappa shape index (κ2) is 11.6. The number of nitrogens with zero attached hydrogens (tertiary/aromatic N) is 6. The Hall–Kier alpha value is -5.04. The highest BCUT2D eigenvalue weighted by atomic mass is 32.2. The number of nitro benzene ring substituents is 2. The number of aromatic nitrogens is 2. The summed E-state index contributed by atoms with van der Waals surface area (Å²) < 4.78 is 27.8. The fourth-order valence-corrected chi connectivity index (χ4v) is 4.05. The van der Waals surface area contributed by atoms with E-state index in [1.54, 1.807) is 0 Å². The first-order valence-electron chi connectivity index (χ1n) is 9.78. The van der Waals surface area contributed by atoms with Crippen LogP contribution in [-0.2, 0) is 14.8 Å². The summed E-state index contributed by atoms with van der Waals surface area (Å²) in [6.45, 7) is 1.33. The van der Waals surface area contributed by atoms with Gasteiger partial charge >= 0.3 is 0 Å². The Morgan fingerprint density at radius 3 is 2.22 bits per heavy atom. The standard InChI is InChI=1S/C18H16N10O7S2/c1-11(29)23-13-2-4-16(5-3-13)37(34,35)22-10-20-19-9-21-25-18-26-24-17(36-18)12-6-14(27(30)31)8-15(7-12)28(32)33/h2-10H,1H3,(H,19,21)(H,20,22)(H,23,29)(H,25,26). The molecule has 0 spiro atoms. The highest BCUT2D eigenvalue weighted by molar-refractivity contribution is 7.90. The summed E-state index contributed by atoms with van der Waals surface area (Å²) >= 11 is 0.931. The Morgan fingerprint density at radius 2 is 1.62 bits per heavy atom. The molecule has 17 nitrogen and oxygen atoms in total. The van der Waals surface area contributed by atoms with Gasteiger partial charge in [0.2, 0.25) is 11.0 Å². The average molecular weight is 549 g/mol. The number of non-ortho nitro benzene ring substituents is 2. The predicted octanol–water partition coefficient (Wildman–Crippen LogP) is 1.85. The van der Waals surface area contributed by atoms with Gasteiger partial charge in [0.1, 0.15) is 17.7 Å². The van der Waals surface area contributed by atoms with Gasteiger partial charge in [-0.1, -0.05) is 11.3 Å². The maximum atomic E-state index is 12.2. The molecule has 0 radical (unpaired) electrons. The summed E-state index contributed by atoms with van der Waals surface area (Å²) in [7, 11) is -3.99. The topological polar surface area (TPSA) is 236 Å². The van der Waals surface area contributed by atoms with Crippen molar-refractivity contribution < 1.29 is 23.1 Å². The highest BCUT2D eigenvalue weighted by Gasteiger charge is 2.19. The van der Waals surface area contributed by atoms with Gasteiger partial charge in [0.25, 0.3) is 21.4 Å². The first-order chi connectivity index (χ1) is 17.5. The summed E-state index contributed by atoms with van der Waals surface area (Å²) in [4.78, 5) is 31.5. The Kier molecular flexibility index (Phi) is 8.32. The molecule has 37 heavy (non-hydrogen) atoms. The molecule has 1 heterocycles. The summed E-state index contributed by atoms with van der Waals surface area (Å²) in [5.74, 6) is -0.291. The van der Waals surface area contributed by atoms with Crippen LogP contribution in [0.25, 0.3) is 10.6 Å². The number of amides is 1. The molecule has 0 aliphatic carbocycles. The normalized spacial score (nSPS) is 11.4. The molecule has 0 fully saturated rings. The third-order valence-corrected chi connectivity index (χ3v) is 6.23. The van der Waals surface area contributed by atoms with Crippen molar-refractivity contribution >= 4 is 62.1 Å². The van der Waals surface area contributed by atoms with Gasteiger partial charge in [0.05, 0.1) is 20.8 Å². The zero-order chi connectivity index (χ0) is 27.0. The third-order valence-electron chi connectivity index (χ3n) is 4.10. The minimum absolute atomic E-state index is 0.0869. The van der Waals surface area contributed by atoms with Gasteiger partial charge in [0.15, 0.2) is 0 Å². The lowest BCUT2D eigenvalue weighted by Gasteiger charge is -2.03. The lowest BCUT2D eigenvalue weighted by molar-refractivity contribution is -0.394.